The summed E-state index contributed by atoms with van der Waals surface area (Å²) in [7, 11) is 2.23. The van der Waals surface area contributed by atoms with Crippen molar-refractivity contribution in [1.29, 1.82) is 0 Å². The van der Waals surface area contributed by atoms with Crippen molar-refractivity contribution in [1.82, 2.24) is 14.7 Å². The summed E-state index contributed by atoms with van der Waals surface area (Å²) in [5.41, 5.74) is 0. The zero-order valence-corrected chi connectivity index (χ0v) is 11.2. The molecule has 0 bridgehead atoms. The second kappa shape index (κ2) is 5.48. The van der Waals surface area contributed by atoms with Gasteiger partial charge in [0, 0.05) is 51.9 Å². The largest absolute Gasteiger partial charge is 0.304 e. The minimum absolute atomic E-state index is 0.795. The van der Waals surface area contributed by atoms with E-state index >= 15 is 0 Å². The van der Waals surface area contributed by atoms with Gasteiger partial charge in [-0.1, -0.05) is 6.92 Å². The maximum Gasteiger partial charge on any atom is 0.0110 e. The van der Waals surface area contributed by atoms with Crippen LogP contribution >= 0.6 is 0 Å². The second-order valence-corrected chi connectivity index (χ2v) is 5.68. The standard InChI is InChI=1S/C13H27N3/c1-4-12(2)16-10-13(11-16)9-15-7-5-14(3)6-8-15/h12-13H,4-11H2,1-3H3. The minimum Gasteiger partial charge on any atom is -0.304 e. The summed E-state index contributed by atoms with van der Waals surface area (Å²) in [6.07, 6.45) is 1.29. The highest BCUT2D eigenvalue weighted by Crippen LogP contribution is 2.21. The topological polar surface area (TPSA) is 9.72 Å². The second-order valence-electron chi connectivity index (χ2n) is 5.68. The fraction of sp³-hybridized carbons (Fsp3) is 1.00. The molecule has 1 unspecified atom stereocenters. The number of hydrogen-bond donors (Lipinski definition) is 0. The Hall–Kier alpha value is -0.120. The molecule has 16 heavy (non-hydrogen) atoms. The first-order chi connectivity index (χ1) is 7.69. The summed E-state index contributed by atoms with van der Waals surface area (Å²) in [5.74, 6) is 0.942. The third-order valence-corrected chi connectivity index (χ3v) is 4.31. The van der Waals surface area contributed by atoms with Gasteiger partial charge in [0.1, 0.15) is 0 Å². The first-order valence-corrected chi connectivity index (χ1v) is 6.84. The van der Waals surface area contributed by atoms with Gasteiger partial charge in [-0.3, -0.25) is 4.90 Å². The van der Waals surface area contributed by atoms with Crippen LogP contribution in [0.3, 0.4) is 0 Å². The average Bonchev–Trinajstić information content (AvgIpc) is 2.24. The minimum atomic E-state index is 0.795. The molecule has 0 aliphatic carbocycles. The van der Waals surface area contributed by atoms with Gasteiger partial charge in [-0.15, -0.1) is 0 Å². The average molecular weight is 225 g/mol. The van der Waals surface area contributed by atoms with E-state index in [9.17, 15) is 0 Å². The van der Waals surface area contributed by atoms with E-state index in [0.29, 0.717) is 0 Å². The number of nitrogens with zero attached hydrogens (tertiary/aromatic N) is 3. The summed E-state index contributed by atoms with van der Waals surface area (Å²) < 4.78 is 0. The summed E-state index contributed by atoms with van der Waals surface area (Å²) in [6, 6.07) is 0.795. The molecule has 2 aliphatic heterocycles. The molecule has 3 heteroatoms. The van der Waals surface area contributed by atoms with Crippen LogP contribution in [0, 0.1) is 5.92 Å². The molecule has 0 aromatic heterocycles. The lowest BCUT2D eigenvalue weighted by molar-refractivity contribution is 0.0251. The van der Waals surface area contributed by atoms with Crippen LogP contribution in [0.1, 0.15) is 20.3 Å². The number of likely N-dealkylation sites (tertiary alicyclic amines) is 1. The van der Waals surface area contributed by atoms with Crippen LogP contribution in [0.5, 0.6) is 0 Å². The van der Waals surface area contributed by atoms with E-state index in [-0.39, 0.29) is 0 Å². The zero-order chi connectivity index (χ0) is 11.5. The molecular weight excluding hydrogens is 198 g/mol. The van der Waals surface area contributed by atoms with E-state index in [0.717, 1.165) is 12.0 Å². The summed E-state index contributed by atoms with van der Waals surface area (Å²) in [4.78, 5) is 7.71. The molecule has 2 heterocycles. The molecule has 2 rings (SSSR count). The van der Waals surface area contributed by atoms with Crippen LogP contribution in [0.25, 0.3) is 0 Å². The van der Waals surface area contributed by atoms with Crippen molar-refractivity contribution in [2.24, 2.45) is 5.92 Å². The first-order valence-electron chi connectivity index (χ1n) is 6.84. The Morgan fingerprint density at radius 1 is 1.12 bits per heavy atom. The molecule has 0 amide bonds. The van der Waals surface area contributed by atoms with E-state index in [2.05, 4.69) is 35.6 Å². The molecule has 1 atom stereocenters. The molecule has 0 aromatic rings. The van der Waals surface area contributed by atoms with E-state index < -0.39 is 0 Å². The predicted octanol–water partition coefficient (Wildman–Crippen LogP) is 0.964. The van der Waals surface area contributed by atoms with E-state index in [1.165, 1.54) is 52.2 Å². The molecule has 2 aliphatic rings. The molecular formula is C13H27N3. The van der Waals surface area contributed by atoms with E-state index in [1.54, 1.807) is 0 Å². The molecule has 3 nitrogen and oxygen atoms in total. The molecule has 2 saturated heterocycles. The lowest BCUT2D eigenvalue weighted by atomic mass is 9.96. The highest BCUT2D eigenvalue weighted by molar-refractivity contribution is 4.86. The third kappa shape index (κ3) is 2.96. The Morgan fingerprint density at radius 3 is 2.31 bits per heavy atom. The van der Waals surface area contributed by atoms with E-state index in [1.807, 2.05) is 0 Å². The van der Waals surface area contributed by atoms with Gasteiger partial charge in [0.2, 0.25) is 0 Å². The van der Waals surface area contributed by atoms with Gasteiger partial charge < -0.3 is 9.80 Å². The summed E-state index contributed by atoms with van der Waals surface area (Å²) in [5, 5.41) is 0. The lowest BCUT2D eigenvalue weighted by Crippen LogP contribution is -2.56. The van der Waals surface area contributed by atoms with E-state index in [4.69, 9.17) is 0 Å². The summed E-state index contributed by atoms with van der Waals surface area (Å²) in [6.45, 7) is 13.7. The maximum absolute atomic E-state index is 2.65. The van der Waals surface area contributed by atoms with Gasteiger partial charge in [-0.25, -0.2) is 0 Å². The zero-order valence-electron chi connectivity index (χ0n) is 11.2. The Balaban J connectivity index is 1.62. The summed E-state index contributed by atoms with van der Waals surface area (Å²) >= 11 is 0. The highest BCUT2D eigenvalue weighted by Gasteiger charge is 2.31. The van der Waals surface area contributed by atoms with Crippen molar-refractivity contribution < 1.29 is 0 Å². The number of likely N-dealkylation sites (N-methyl/N-ethyl adjacent to an activating group) is 1. The van der Waals surface area contributed by atoms with Gasteiger partial charge in [0.05, 0.1) is 0 Å². The van der Waals surface area contributed by atoms with Crippen LogP contribution in [0.4, 0.5) is 0 Å². The monoisotopic (exact) mass is 225 g/mol. The SMILES string of the molecule is CCC(C)N1CC(CN2CCN(C)CC2)C1. The van der Waals surface area contributed by atoms with Crippen LogP contribution in [-0.2, 0) is 0 Å². The highest BCUT2D eigenvalue weighted by atomic mass is 15.3. The Kier molecular flexibility index (Phi) is 4.22. The molecule has 0 radical (unpaired) electrons. The predicted molar refractivity (Wildman–Crippen MR) is 68.8 cm³/mol. The van der Waals surface area contributed by atoms with Gasteiger partial charge in [0.15, 0.2) is 0 Å². The van der Waals surface area contributed by atoms with Crippen molar-refractivity contribution in [3.05, 3.63) is 0 Å². The molecule has 0 N–H and O–H groups in total. The van der Waals surface area contributed by atoms with Crippen molar-refractivity contribution in [2.45, 2.75) is 26.3 Å². The van der Waals surface area contributed by atoms with Crippen molar-refractivity contribution in [2.75, 3.05) is 52.9 Å². The van der Waals surface area contributed by atoms with Crippen LogP contribution in [-0.4, -0.2) is 73.6 Å². The first kappa shape index (κ1) is 12.3. The van der Waals surface area contributed by atoms with Crippen LogP contribution in [0.15, 0.2) is 0 Å². The van der Waals surface area contributed by atoms with Crippen molar-refractivity contribution in [3.63, 3.8) is 0 Å². The van der Waals surface area contributed by atoms with Gasteiger partial charge in [0.25, 0.3) is 0 Å². The number of piperazine rings is 1. The Morgan fingerprint density at radius 2 is 1.75 bits per heavy atom. The van der Waals surface area contributed by atoms with Gasteiger partial charge in [-0.2, -0.15) is 0 Å². The fourth-order valence-electron chi connectivity index (χ4n) is 2.74. The van der Waals surface area contributed by atoms with Crippen LogP contribution in [0.2, 0.25) is 0 Å². The quantitative estimate of drug-likeness (QED) is 0.706. The van der Waals surface area contributed by atoms with Gasteiger partial charge in [-0.05, 0) is 26.3 Å². The number of hydrogen-bond acceptors (Lipinski definition) is 3. The number of rotatable bonds is 4. The Bertz CT molecular complexity index is 205. The van der Waals surface area contributed by atoms with Gasteiger partial charge >= 0.3 is 0 Å². The Labute approximate surface area is 100 Å². The normalized spacial score (nSPS) is 27.9. The molecule has 2 fully saturated rings. The van der Waals surface area contributed by atoms with Crippen molar-refractivity contribution >= 4 is 0 Å². The molecule has 0 saturated carbocycles. The lowest BCUT2D eigenvalue weighted by Gasteiger charge is -2.45. The smallest absolute Gasteiger partial charge is 0.0110 e. The fourth-order valence-corrected chi connectivity index (χ4v) is 2.74. The third-order valence-electron chi connectivity index (χ3n) is 4.31. The van der Waals surface area contributed by atoms with Crippen LogP contribution < -0.4 is 0 Å². The molecule has 0 aromatic carbocycles. The maximum atomic E-state index is 2.65. The molecule has 0 spiro atoms. The molecule has 94 valence electrons. The van der Waals surface area contributed by atoms with Crippen molar-refractivity contribution in [3.8, 4) is 0 Å².